The molecule has 0 atom stereocenters. The summed E-state index contributed by atoms with van der Waals surface area (Å²) in [6.07, 6.45) is 4.97. The van der Waals surface area contributed by atoms with Crippen molar-refractivity contribution < 1.29 is 14.2 Å². The van der Waals surface area contributed by atoms with Gasteiger partial charge in [-0.1, -0.05) is 18.6 Å². The molecule has 32 heavy (non-hydrogen) atoms. The maximum absolute atomic E-state index is 5.98. The highest BCUT2D eigenvalue weighted by molar-refractivity contribution is 14.0. The van der Waals surface area contributed by atoms with Crippen LogP contribution in [0.4, 0.5) is 0 Å². The van der Waals surface area contributed by atoms with Gasteiger partial charge in [0.25, 0.3) is 0 Å². The van der Waals surface area contributed by atoms with Crippen LogP contribution in [0.1, 0.15) is 38.2 Å². The second kappa shape index (κ2) is 14.9. The van der Waals surface area contributed by atoms with E-state index in [1.807, 2.05) is 12.1 Å². The molecule has 0 bridgehead atoms. The van der Waals surface area contributed by atoms with Crippen LogP contribution >= 0.6 is 24.0 Å². The zero-order valence-electron chi connectivity index (χ0n) is 19.7. The Hall–Kier alpha value is -1.10. The van der Waals surface area contributed by atoms with Gasteiger partial charge in [-0.05, 0) is 49.3 Å². The van der Waals surface area contributed by atoms with Crippen LogP contribution in [0, 0.1) is 5.41 Å². The molecule has 1 saturated carbocycles. The molecule has 182 valence electrons. The van der Waals surface area contributed by atoms with Crippen molar-refractivity contribution in [3.63, 3.8) is 0 Å². The Bertz CT molecular complexity index is 679. The van der Waals surface area contributed by atoms with E-state index in [9.17, 15) is 0 Å². The number of halogens is 1. The van der Waals surface area contributed by atoms with Crippen molar-refractivity contribution >= 4 is 29.9 Å². The molecule has 8 heteroatoms. The normalized spacial score (nSPS) is 18.4. The van der Waals surface area contributed by atoms with Crippen molar-refractivity contribution in [3.05, 3.63) is 29.8 Å². The first kappa shape index (κ1) is 27.1. The minimum atomic E-state index is 0. The molecule has 2 fully saturated rings. The molecule has 1 aromatic carbocycles. The van der Waals surface area contributed by atoms with Gasteiger partial charge in [0, 0.05) is 46.4 Å². The number of methoxy groups -OCH3 is 1. The molecule has 0 spiro atoms. The number of hydrogen-bond donors (Lipinski definition) is 2. The van der Waals surface area contributed by atoms with Crippen LogP contribution in [0.3, 0.4) is 0 Å². The minimum Gasteiger partial charge on any atom is -0.492 e. The highest BCUT2D eigenvalue weighted by Crippen LogP contribution is 2.43. The second-order valence-corrected chi connectivity index (χ2v) is 8.59. The Labute approximate surface area is 210 Å². The largest absolute Gasteiger partial charge is 0.492 e. The van der Waals surface area contributed by atoms with Crippen molar-refractivity contribution in [3.8, 4) is 5.75 Å². The summed E-state index contributed by atoms with van der Waals surface area (Å²) in [6.45, 7) is 10.6. The Morgan fingerprint density at radius 1 is 1.19 bits per heavy atom. The van der Waals surface area contributed by atoms with E-state index in [1.54, 1.807) is 7.11 Å². The molecule has 0 amide bonds. The number of benzene rings is 1. The molecular weight excluding hydrogens is 519 g/mol. The number of nitrogens with one attached hydrogen (secondary N) is 2. The van der Waals surface area contributed by atoms with Crippen LogP contribution in [-0.2, 0) is 16.0 Å². The van der Waals surface area contributed by atoms with Gasteiger partial charge in [-0.2, -0.15) is 0 Å². The quantitative estimate of drug-likeness (QED) is 0.233. The standard InChI is InChI=1S/C24H40N4O3.HI/c1-3-25-23(27-20-24(8-5-9-24)10-14-29-2)26-19-21-6-4-7-22(18-21)31-17-13-28-11-15-30-16-12-28;/h4,6-7,18H,3,5,8-17,19-20H2,1-2H3,(H2,25,26,27);1H. The van der Waals surface area contributed by atoms with Gasteiger partial charge in [0.05, 0.1) is 19.8 Å². The first-order valence-corrected chi connectivity index (χ1v) is 11.8. The van der Waals surface area contributed by atoms with Gasteiger partial charge in [0.1, 0.15) is 12.4 Å². The molecule has 1 heterocycles. The Kier molecular flexibility index (Phi) is 12.7. The Morgan fingerprint density at radius 3 is 2.69 bits per heavy atom. The predicted molar refractivity (Wildman–Crippen MR) is 140 cm³/mol. The lowest BCUT2D eigenvalue weighted by atomic mass is 9.67. The molecule has 7 nitrogen and oxygen atoms in total. The van der Waals surface area contributed by atoms with Crippen molar-refractivity contribution in [2.45, 2.75) is 39.2 Å². The van der Waals surface area contributed by atoms with Gasteiger partial charge in [0.15, 0.2) is 5.96 Å². The number of aliphatic imine (C=N–C) groups is 1. The lowest BCUT2D eigenvalue weighted by molar-refractivity contribution is 0.0322. The van der Waals surface area contributed by atoms with Gasteiger partial charge in [-0.25, -0.2) is 4.99 Å². The van der Waals surface area contributed by atoms with Crippen LogP contribution in [0.5, 0.6) is 5.75 Å². The molecule has 1 aromatic rings. The van der Waals surface area contributed by atoms with Crippen molar-refractivity contribution in [2.75, 3.05) is 66.3 Å². The summed E-state index contributed by atoms with van der Waals surface area (Å²) in [4.78, 5) is 7.19. The van der Waals surface area contributed by atoms with E-state index < -0.39 is 0 Å². The number of rotatable bonds is 12. The van der Waals surface area contributed by atoms with E-state index in [0.29, 0.717) is 18.6 Å². The first-order chi connectivity index (χ1) is 15.2. The summed E-state index contributed by atoms with van der Waals surface area (Å²) in [5.41, 5.74) is 1.51. The SMILES string of the molecule is CCNC(=NCc1cccc(OCCN2CCOCC2)c1)NCC1(CCOC)CCC1.I. The maximum atomic E-state index is 5.98. The fourth-order valence-electron chi connectivity index (χ4n) is 4.14. The third-order valence-corrected chi connectivity index (χ3v) is 6.32. The number of ether oxygens (including phenoxy) is 3. The summed E-state index contributed by atoms with van der Waals surface area (Å²) in [7, 11) is 1.78. The third-order valence-electron chi connectivity index (χ3n) is 6.32. The monoisotopic (exact) mass is 560 g/mol. The van der Waals surface area contributed by atoms with Gasteiger partial charge < -0.3 is 24.8 Å². The molecular formula is C24H41IN4O3. The summed E-state index contributed by atoms with van der Waals surface area (Å²) >= 11 is 0. The minimum absolute atomic E-state index is 0. The van der Waals surface area contributed by atoms with E-state index in [1.165, 1.54) is 19.3 Å². The molecule has 1 aliphatic heterocycles. The summed E-state index contributed by atoms with van der Waals surface area (Å²) in [6, 6.07) is 8.27. The third kappa shape index (κ3) is 9.03. The van der Waals surface area contributed by atoms with Crippen LogP contribution < -0.4 is 15.4 Å². The molecule has 1 saturated heterocycles. The van der Waals surface area contributed by atoms with Crippen LogP contribution in [-0.4, -0.2) is 77.1 Å². The smallest absolute Gasteiger partial charge is 0.191 e. The number of hydrogen-bond acceptors (Lipinski definition) is 5. The van der Waals surface area contributed by atoms with Crippen molar-refractivity contribution in [1.29, 1.82) is 0 Å². The molecule has 2 N–H and O–H groups in total. The van der Waals surface area contributed by atoms with Gasteiger partial charge in [-0.3, -0.25) is 4.90 Å². The fourth-order valence-corrected chi connectivity index (χ4v) is 4.14. The van der Waals surface area contributed by atoms with Crippen LogP contribution in [0.2, 0.25) is 0 Å². The predicted octanol–water partition coefficient (Wildman–Crippen LogP) is 3.28. The van der Waals surface area contributed by atoms with Crippen molar-refractivity contribution in [1.82, 2.24) is 15.5 Å². The zero-order chi connectivity index (χ0) is 21.8. The fraction of sp³-hybridized carbons (Fsp3) is 0.708. The van der Waals surface area contributed by atoms with E-state index in [0.717, 1.165) is 76.2 Å². The van der Waals surface area contributed by atoms with E-state index in [4.69, 9.17) is 19.2 Å². The van der Waals surface area contributed by atoms with E-state index in [2.05, 4.69) is 34.6 Å². The van der Waals surface area contributed by atoms with E-state index in [-0.39, 0.29) is 24.0 Å². The molecule has 3 rings (SSSR count). The van der Waals surface area contributed by atoms with Gasteiger partial charge in [-0.15, -0.1) is 24.0 Å². The number of guanidine groups is 1. The number of morpholine rings is 1. The van der Waals surface area contributed by atoms with Gasteiger partial charge in [0.2, 0.25) is 0 Å². The molecule has 0 unspecified atom stereocenters. The second-order valence-electron chi connectivity index (χ2n) is 8.59. The molecule has 0 radical (unpaired) electrons. The van der Waals surface area contributed by atoms with Crippen molar-refractivity contribution in [2.24, 2.45) is 10.4 Å². The average molecular weight is 561 g/mol. The van der Waals surface area contributed by atoms with Gasteiger partial charge >= 0.3 is 0 Å². The molecule has 1 aliphatic carbocycles. The van der Waals surface area contributed by atoms with E-state index >= 15 is 0 Å². The topological polar surface area (TPSA) is 67.4 Å². The summed E-state index contributed by atoms with van der Waals surface area (Å²) in [5.74, 6) is 1.79. The summed E-state index contributed by atoms with van der Waals surface area (Å²) < 4.78 is 16.7. The Balaban J connectivity index is 0.00000363. The highest BCUT2D eigenvalue weighted by atomic mass is 127. The summed E-state index contributed by atoms with van der Waals surface area (Å²) in [5, 5.41) is 6.94. The Morgan fingerprint density at radius 2 is 2.00 bits per heavy atom. The highest BCUT2D eigenvalue weighted by Gasteiger charge is 2.36. The first-order valence-electron chi connectivity index (χ1n) is 11.8. The molecule has 2 aliphatic rings. The average Bonchev–Trinajstić information content (AvgIpc) is 2.77. The maximum Gasteiger partial charge on any atom is 0.191 e. The van der Waals surface area contributed by atoms with Crippen LogP contribution in [0.25, 0.3) is 0 Å². The zero-order valence-corrected chi connectivity index (χ0v) is 22.1. The number of nitrogens with zero attached hydrogens (tertiary/aromatic N) is 2. The lowest BCUT2D eigenvalue weighted by Gasteiger charge is -2.42. The van der Waals surface area contributed by atoms with Crippen LogP contribution in [0.15, 0.2) is 29.3 Å². The molecule has 0 aromatic heterocycles. The lowest BCUT2D eigenvalue weighted by Crippen LogP contribution is -2.46.